The molecule has 0 saturated carbocycles. The van der Waals surface area contributed by atoms with Crippen molar-refractivity contribution in [1.82, 2.24) is 0 Å². The van der Waals surface area contributed by atoms with E-state index in [0.717, 1.165) is 11.0 Å². The Hall–Kier alpha value is -1.95. The highest BCUT2D eigenvalue weighted by atomic mass is 35.5. The van der Waals surface area contributed by atoms with Gasteiger partial charge in [-0.05, 0) is 6.07 Å². The average molecular weight is 257 g/mol. The molecule has 0 N–H and O–H groups in total. The van der Waals surface area contributed by atoms with Gasteiger partial charge in [-0.2, -0.15) is 0 Å². The lowest BCUT2D eigenvalue weighted by atomic mass is 10.2. The molecule has 6 nitrogen and oxygen atoms in total. The lowest BCUT2D eigenvalue weighted by molar-refractivity contribution is -0.384. The number of nitrogens with zero attached hydrogens (tertiary/aromatic N) is 2. The van der Waals surface area contributed by atoms with Gasteiger partial charge in [-0.3, -0.25) is 19.7 Å². The second-order valence-electron chi connectivity index (χ2n) is 3.27. The van der Waals surface area contributed by atoms with Gasteiger partial charge in [0.25, 0.3) is 5.69 Å². The molecule has 0 heterocycles. The summed E-state index contributed by atoms with van der Waals surface area (Å²) in [4.78, 5) is 33.3. The predicted molar refractivity (Wildman–Crippen MR) is 61.9 cm³/mol. The van der Waals surface area contributed by atoms with Crippen molar-refractivity contribution in [3.8, 4) is 0 Å². The summed E-state index contributed by atoms with van der Waals surface area (Å²) in [5, 5.41) is 10.5. The Bertz CT molecular complexity index is 487. The molecular weight excluding hydrogens is 248 g/mol. The number of imide groups is 1. The number of amides is 2. The van der Waals surface area contributed by atoms with Crippen LogP contribution in [0.5, 0.6) is 0 Å². The number of halogens is 1. The quantitative estimate of drug-likeness (QED) is 0.600. The summed E-state index contributed by atoms with van der Waals surface area (Å²) >= 11 is 5.81. The first-order valence-corrected chi connectivity index (χ1v) is 4.97. The van der Waals surface area contributed by atoms with E-state index in [1.54, 1.807) is 0 Å². The van der Waals surface area contributed by atoms with Crippen molar-refractivity contribution < 1.29 is 14.5 Å². The SMILES string of the molecule is CC(=O)N(C(C)=O)c1ccc([N+](=O)[O-])cc1Cl. The van der Waals surface area contributed by atoms with E-state index in [-0.39, 0.29) is 16.4 Å². The molecule has 1 aromatic carbocycles. The molecule has 90 valence electrons. The smallest absolute Gasteiger partial charge is 0.271 e. The molecule has 17 heavy (non-hydrogen) atoms. The Kier molecular flexibility index (Phi) is 3.80. The maximum atomic E-state index is 11.3. The van der Waals surface area contributed by atoms with E-state index in [2.05, 4.69) is 0 Å². The van der Waals surface area contributed by atoms with Crippen molar-refractivity contribution in [3.63, 3.8) is 0 Å². The third-order valence-corrected chi connectivity index (χ3v) is 2.32. The number of hydrogen-bond acceptors (Lipinski definition) is 4. The molecule has 1 rings (SSSR count). The maximum Gasteiger partial charge on any atom is 0.271 e. The number of rotatable bonds is 2. The van der Waals surface area contributed by atoms with Gasteiger partial charge in [0.05, 0.1) is 15.6 Å². The highest BCUT2D eigenvalue weighted by Crippen LogP contribution is 2.29. The zero-order valence-corrected chi connectivity index (χ0v) is 9.89. The van der Waals surface area contributed by atoms with E-state index >= 15 is 0 Å². The van der Waals surface area contributed by atoms with Crippen LogP contribution in [0, 0.1) is 10.1 Å². The first-order chi connectivity index (χ1) is 7.84. The molecule has 0 atom stereocenters. The molecule has 0 aliphatic heterocycles. The van der Waals surface area contributed by atoms with E-state index in [1.807, 2.05) is 0 Å². The Morgan fingerprint density at radius 3 is 2.18 bits per heavy atom. The standard InChI is InChI=1S/C10H9ClN2O4/c1-6(14)12(7(2)15)10-4-3-8(13(16)17)5-9(10)11/h3-5H,1-2H3. The topological polar surface area (TPSA) is 80.5 Å². The van der Waals surface area contributed by atoms with E-state index < -0.39 is 16.7 Å². The van der Waals surface area contributed by atoms with Crippen molar-refractivity contribution in [1.29, 1.82) is 0 Å². The van der Waals surface area contributed by atoms with Crippen molar-refractivity contribution in [2.24, 2.45) is 0 Å². The number of nitro benzene ring substituents is 1. The van der Waals surface area contributed by atoms with Crippen molar-refractivity contribution in [2.75, 3.05) is 4.90 Å². The zero-order valence-electron chi connectivity index (χ0n) is 9.14. The van der Waals surface area contributed by atoms with Crippen LogP contribution in [-0.2, 0) is 9.59 Å². The predicted octanol–water partition coefficient (Wildman–Crippen LogP) is 2.15. The largest absolute Gasteiger partial charge is 0.274 e. The number of non-ortho nitro benzene ring substituents is 1. The maximum absolute atomic E-state index is 11.3. The monoisotopic (exact) mass is 256 g/mol. The van der Waals surface area contributed by atoms with Gasteiger partial charge < -0.3 is 0 Å². The molecule has 0 unspecified atom stereocenters. The lowest BCUT2D eigenvalue weighted by Crippen LogP contribution is -2.33. The second kappa shape index (κ2) is 4.92. The summed E-state index contributed by atoms with van der Waals surface area (Å²) in [6.45, 7) is 2.41. The van der Waals surface area contributed by atoms with Crippen LogP contribution in [0.4, 0.5) is 11.4 Å². The average Bonchev–Trinajstić information content (AvgIpc) is 2.19. The zero-order chi connectivity index (χ0) is 13.2. The van der Waals surface area contributed by atoms with Crippen LogP contribution < -0.4 is 4.90 Å². The fraction of sp³-hybridized carbons (Fsp3) is 0.200. The van der Waals surface area contributed by atoms with E-state index in [9.17, 15) is 19.7 Å². The molecule has 0 spiro atoms. The fourth-order valence-electron chi connectivity index (χ4n) is 1.35. The molecule has 7 heteroatoms. The number of carbonyl (C=O) groups excluding carboxylic acids is 2. The van der Waals surface area contributed by atoms with Gasteiger partial charge in [-0.1, -0.05) is 11.6 Å². The highest BCUT2D eigenvalue weighted by molar-refractivity contribution is 6.35. The highest BCUT2D eigenvalue weighted by Gasteiger charge is 2.20. The van der Waals surface area contributed by atoms with Crippen molar-refractivity contribution >= 4 is 34.8 Å². The van der Waals surface area contributed by atoms with Crippen molar-refractivity contribution in [3.05, 3.63) is 33.3 Å². The third kappa shape index (κ3) is 2.79. The number of hydrogen-bond donors (Lipinski definition) is 0. The van der Waals surface area contributed by atoms with Gasteiger partial charge in [0.2, 0.25) is 11.8 Å². The van der Waals surface area contributed by atoms with Crippen LogP contribution in [0.3, 0.4) is 0 Å². The van der Waals surface area contributed by atoms with Crippen LogP contribution in [0.2, 0.25) is 5.02 Å². The van der Waals surface area contributed by atoms with E-state index in [0.29, 0.717) is 0 Å². The molecule has 1 aromatic rings. The Labute approximate surface area is 102 Å². The molecular formula is C10H9ClN2O4. The molecule has 2 amide bonds. The van der Waals surface area contributed by atoms with Crippen LogP contribution >= 0.6 is 11.6 Å². The molecule has 0 bridgehead atoms. The van der Waals surface area contributed by atoms with Crippen LogP contribution in [0.25, 0.3) is 0 Å². The summed E-state index contributed by atoms with van der Waals surface area (Å²) in [5.41, 5.74) is -0.0666. The first-order valence-electron chi connectivity index (χ1n) is 4.59. The van der Waals surface area contributed by atoms with Crippen molar-refractivity contribution in [2.45, 2.75) is 13.8 Å². The molecule has 0 aliphatic rings. The minimum absolute atomic E-state index is 0.0235. The Morgan fingerprint density at radius 1 is 1.29 bits per heavy atom. The van der Waals surface area contributed by atoms with Gasteiger partial charge in [-0.25, -0.2) is 4.90 Å². The van der Waals surface area contributed by atoms with Gasteiger partial charge in [-0.15, -0.1) is 0 Å². The summed E-state index contributed by atoms with van der Waals surface area (Å²) in [6.07, 6.45) is 0. The molecule has 0 fully saturated rings. The van der Waals surface area contributed by atoms with Gasteiger partial charge in [0.15, 0.2) is 0 Å². The third-order valence-electron chi connectivity index (χ3n) is 2.01. The number of carbonyl (C=O) groups is 2. The summed E-state index contributed by atoms with van der Waals surface area (Å²) in [6, 6.07) is 3.54. The van der Waals surface area contributed by atoms with Gasteiger partial charge in [0, 0.05) is 26.0 Å². The minimum Gasteiger partial charge on any atom is -0.274 e. The van der Waals surface area contributed by atoms with E-state index in [1.165, 1.54) is 26.0 Å². The molecule has 0 saturated heterocycles. The van der Waals surface area contributed by atoms with Crippen LogP contribution in [-0.4, -0.2) is 16.7 Å². The first kappa shape index (κ1) is 13.1. The van der Waals surface area contributed by atoms with Gasteiger partial charge >= 0.3 is 0 Å². The summed E-state index contributed by atoms with van der Waals surface area (Å²) < 4.78 is 0. The Balaban J connectivity index is 3.27. The molecule has 0 aliphatic carbocycles. The normalized spacial score (nSPS) is 9.82. The van der Waals surface area contributed by atoms with Crippen LogP contribution in [0.15, 0.2) is 18.2 Å². The van der Waals surface area contributed by atoms with Crippen LogP contribution in [0.1, 0.15) is 13.8 Å². The minimum atomic E-state index is -0.610. The molecule has 0 aromatic heterocycles. The summed E-state index contributed by atoms with van der Waals surface area (Å²) in [7, 11) is 0. The fourth-order valence-corrected chi connectivity index (χ4v) is 1.61. The second-order valence-corrected chi connectivity index (χ2v) is 3.67. The number of benzene rings is 1. The lowest BCUT2D eigenvalue weighted by Gasteiger charge is -2.18. The van der Waals surface area contributed by atoms with E-state index in [4.69, 9.17) is 11.6 Å². The number of anilines is 1. The molecule has 0 radical (unpaired) electrons. The summed E-state index contributed by atoms with van der Waals surface area (Å²) in [5.74, 6) is -1.01. The van der Waals surface area contributed by atoms with Gasteiger partial charge in [0.1, 0.15) is 0 Å². The Morgan fingerprint density at radius 2 is 1.82 bits per heavy atom. The number of nitro groups is 1.